The molecule has 0 aliphatic heterocycles. The molecule has 1 atom stereocenters. The third-order valence-corrected chi connectivity index (χ3v) is 4.34. The van der Waals surface area contributed by atoms with Crippen molar-refractivity contribution in [2.24, 2.45) is 0 Å². The van der Waals surface area contributed by atoms with Crippen LogP contribution < -0.4 is 9.47 Å². The molecular weight excluding hydrogens is 316 g/mol. The summed E-state index contributed by atoms with van der Waals surface area (Å²) in [5, 5.41) is 12.4. The van der Waals surface area contributed by atoms with E-state index in [4.69, 9.17) is 9.47 Å². The van der Waals surface area contributed by atoms with Crippen LogP contribution in [0.15, 0.2) is 34.1 Å². The molecule has 0 saturated carbocycles. The molecule has 0 aliphatic carbocycles. The summed E-state index contributed by atoms with van der Waals surface area (Å²) in [4.78, 5) is 0.838. The van der Waals surface area contributed by atoms with Gasteiger partial charge in [0.15, 0.2) is 0 Å². The lowest BCUT2D eigenvalue weighted by Crippen LogP contribution is -2.03. The molecule has 0 saturated heterocycles. The number of hydrogen-bond donors (Lipinski definition) is 1. The monoisotopic (exact) mass is 328 g/mol. The second-order valence-corrected chi connectivity index (χ2v) is 5.50. The Balaban J connectivity index is 2.48. The average Bonchev–Trinajstić information content (AvgIpc) is 2.83. The maximum atomic E-state index is 10.5. The molecule has 96 valence electrons. The number of hydrogen-bond acceptors (Lipinski definition) is 4. The fraction of sp³-hybridized carbons (Fsp3) is 0.231. The van der Waals surface area contributed by atoms with E-state index in [0.717, 1.165) is 9.35 Å². The van der Waals surface area contributed by atoms with E-state index in [2.05, 4.69) is 15.9 Å². The van der Waals surface area contributed by atoms with Gasteiger partial charge in [-0.05, 0) is 34.1 Å². The maximum Gasteiger partial charge on any atom is 0.128 e. The molecule has 0 fully saturated rings. The summed E-state index contributed by atoms with van der Waals surface area (Å²) in [6.45, 7) is 0. The molecule has 0 bridgehead atoms. The minimum Gasteiger partial charge on any atom is -0.496 e. The van der Waals surface area contributed by atoms with Gasteiger partial charge in [0.1, 0.15) is 17.6 Å². The Morgan fingerprint density at radius 1 is 1.22 bits per heavy atom. The Morgan fingerprint density at radius 3 is 2.28 bits per heavy atom. The van der Waals surface area contributed by atoms with Crippen LogP contribution in [-0.4, -0.2) is 19.3 Å². The number of methoxy groups -OCH3 is 2. The van der Waals surface area contributed by atoms with Crippen LogP contribution in [0.5, 0.6) is 11.5 Å². The molecule has 1 unspecified atom stereocenters. The Morgan fingerprint density at radius 2 is 1.83 bits per heavy atom. The summed E-state index contributed by atoms with van der Waals surface area (Å²) in [7, 11) is 3.16. The number of halogens is 1. The van der Waals surface area contributed by atoms with E-state index in [0.29, 0.717) is 17.1 Å². The van der Waals surface area contributed by atoms with Gasteiger partial charge < -0.3 is 14.6 Å². The summed E-state index contributed by atoms with van der Waals surface area (Å²) < 4.78 is 11.5. The van der Waals surface area contributed by atoms with Gasteiger partial charge in [0.05, 0.1) is 19.8 Å². The molecule has 2 aromatic rings. The Bertz CT molecular complexity index is 517. The zero-order chi connectivity index (χ0) is 13.1. The van der Waals surface area contributed by atoms with E-state index in [1.165, 1.54) is 11.3 Å². The SMILES string of the molecule is COc1cccc(OC)c1C(O)c1cc(Br)cs1. The molecular formula is C13H13BrO3S. The standard InChI is InChI=1S/C13H13BrO3S/c1-16-9-4-3-5-10(17-2)12(9)13(15)11-6-8(14)7-18-11/h3-7,13,15H,1-2H3. The van der Waals surface area contributed by atoms with E-state index in [1.807, 2.05) is 29.6 Å². The first-order chi connectivity index (χ1) is 8.67. The molecule has 2 rings (SSSR count). The van der Waals surface area contributed by atoms with Gasteiger partial charge >= 0.3 is 0 Å². The van der Waals surface area contributed by atoms with Gasteiger partial charge in [0.25, 0.3) is 0 Å². The van der Waals surface area contributed by atoms with Crippen LogP contribution in [0.1, 0.15) is 16.5 Å². The molecule has 1 N–H and O–H groups in total. The minimum atomic E-state index is -0.757. The highest BCUT2D eigenvalue weighted by molar-refractivity contribution is 9.10. The predicted octanol–water partition coefficient (Wildman–Crippen LogP) is 3.61. The lowest BCUT2D eigenvalue weighted by atomic mass is 10.1. The Labute approximate surface area is 118 Å². The van der Waals surface area contributed by atoms with Gasteiger partial charge in [-0.25, -0.2) is 0 Å². The van der Waals surface area contributed by atoms with Gasteiger partial charge in [-0.2, -0.15) is 0 Å². The second-order valence-electron chi connectivity index (χ2n) is 3.65. The van der Waals surface area contributed by atoms with Gasteiger partial charge in [-0.1, -0.05) is 6.07 Å². The first kappa shape index (κ1) is 13.4. The first-order valence-corrected chi connectivity index (χ1v) is 6.97. The topological polar surface area (TPSA) is 38.7 Å². The van der Waals surface area contributed by atoms with Crippen molar-refractivity contribution >= 4 is 27.3 Å². The van der Waals surface area contributed by atoms with Crippen LogP contribution in [0.3, 0.4) is 0 Å². The van der Waals surface area contributed by atoms with Gasteiger partial charge in [-0.15, -0.1) is 11.3 Å². The quantitative estimate of drug-likeness (QED) is 0.931. The minimum absolute atomic E-state index is 0.617. The number of aliphatic hydroxyl groups excluding tert-OH is 1. The van der Waals surface area contributed by atoms with Crippen molar-refractivity contribution in [1.82, 2.24) is 0 Å². The van der Waals surface area contributed by atoms with Crippen molar-refractivity contribution < 1.29 is 14.6 Å². The highest BCUT2D eigenvalue weighted by Gasteiger charge is 2.21. The van der Waals surface area contributed by atoms with Crippen molar-refractivity contribution in [3.63, 3.8) is 0 Å². The molecule has 1 heterocycles. The van der Waals surface area contributed by atoms with Crippen molar-refractivity contribution in [3.05, 3.63) is 44.6 Å². The number of rotatable bonds is 4. The molecule has 0 aliphatic rings. The van der Waals surface area contributed by atoms with Crippen molar-refractivity contribution in [2.75, 3.05) is 14.2 Å². The third-order valence-electron chi connectivity index (χ3n) is 2.60. The zero-order valence-corrected chi connectivity index (χ0v) is 12.4. The van der Waals surface area contributed by atoms with Crippen LogP contribution in [0.4, 0.5) is 0 Å². The predicted molar refractivity (Wildman–Crippen MR) is 75.6 cm³/mol. The van der Waals surface area contributed by atoms with E-state index >= 15 is 0 Å². The zero-order valence-electron chi connectivity index (χ0n) is 10.0. The summed E-state index contributed by atoms with van der Waals surface area (Å²) >= 11 is 4.86. The largest absolute Gasteiger partial charge is 0.496 e. The van der Waals surface area contributed by atoms with E-state index < -0.39 is 6.10 Å². The fourth-order valence-electron chi connectivity index (χ4n) is 1.76. The number of thiophene rings is 1. The fourth-order valence-corrected chi connectivity index (χ4v) is 3.20. The maximum absolute atomic E-state index is 10.5. The summed E-state index contributed by atoms with van der Waals surface area (Å²) in [6.07, 6.45) is -0.757. The Kier molecular flexibility index (Phi) is 4.27. The van der Waals surface area contributed by atoms with Crippen molar-refractivity contribution in [2.45, 2.75) is 6.10 Å². The van der Waals surface area contributed by atoms with Crippen molar-refractivity contribution in [1.29, 1.82) is 0 Å². The van der Waals surface area contributed by atoms with Crippen LogP contribution in [0.25, 0.3) is 0 Å². The van der Waals surface area contributed by atoms with Gasteiger partial charge in [0.2, 0.25) is 0 Å². The van der Waals surface area contributed by atoms with Crippen LogP contribution in [0.2, 0.25) is 0 Å². The highest BCUT2D eigenvalue weighted by atomic mass is 79.9. The Hall–Kier alpha value is -1.04. The normalized spacial score (nSPS) is 12.2. The average molecular weight is 329 g/mol. The van der Waals surface area contributed by atoms with E-state index in [-0.39, 0.29) is 0 Å². The van der Waals surface area contributed by atoms with E-state index in [9.17, 15) is 5.11 Å². The number of aliphatic hydroxyl groups is 1. The number of benzene rings is 1. The molecule has 0 spiro atoms. The second kappa shape index (κ2) is 5.73. The van der Waals surface area contributed by atoms with Gasteiger partial charge in [-0.3, -0.25) is 0 Å². The first-order valence-electron chi connectivity index (χ1n) is 5.30. The summed E-state index contributed by atoms with van der Waals surface area (Å²) in [6, 6.07) is 7.34. The summed E-state index contributed by atoms with van der Waals surface area (Å²) in [5.74, 6) is 1.23. The lowest BCUT2D eigenvalue weighted by molar-refractivity contribution is 0.212. The molecule has 1 aromatic heterocycles. The molecule has 3 nitrogen and oxygen atoms in total. The van der Waals surface area contributed by atoms with Gasteiger partial charge in [0, 0.05) is 14.7 Å². The lowest BCUT2D eigenvalue weighted by Gasteiger charge is -2.17. The van der Waals surface area contributed by atoms with Crippen LogP contribution in [0, 0.1) is 0 Å². The smallest absolute Gasteiger partial charge is 0.128 e. The highest BCUT2D eigenvalue weighted by Crippen LogP contribution is 2.39. The molecule has 18 heavy (non-hydrogen) atoms. The molecule has 1 aromatic carbocycles. The molecule has 0 radical (unpaired) electrons. The molecule has 0 amide bonds. The van der Waals surface area contributed by atoms with Crippen LogP contribution >= 0.6 is 27.3 Å². The molecule has 5 heteroatoms. The van der Waals surface area contributed by atoms with Crippen molar-refractivity contribution in [3.8, 4) is 11.5 Å². The van der Waals surface area contributed by atoms with Crippen LogP contribution in [-0.2, 0) is 0 Å². The summed E-state index contributed by atoms with van der Waals surface area (Å²) in [5.41, 5.74) is 0.650. The van der Waals surface area contributed by atoms with E-state index in [1.54, 1.807) is 14.2 Å². The number of ether oxygens (including phenoxy) is 2. The third kappa shape index (κ3) is 2.53.